The van der Waals surface area contributed by atoms with Crippen LogP contribution in [0.25, 0.3) is 0 Å². The van der Waals surface area contributed by atoms with Gasteiger partial charge in [-0.05, 0) is 60.9 Å². The molecule has 1 N–H and O–H groups in total. The van der Waals surface area contributed by atoms with E-state index in [9.17, 15) is 13.2 Å². The maximum Gasteiger partial charge on any atom is 0.264 e. The lowest BCUT2D eigenvalue weighted by Gasteiger charge is -2.25. The third-order valence-corrected chi connectivity index (χ3v) is 6.79. The van der Waals surface area contributed by atoms with Gasteiger partial charge in [0.2, 0.25) is 5.91 Å². The van der Waals surface area contributed by atoms with Crippen LogP contribution in [0.4, 0.5) is 5.69 Å². The van der Waals surface area contributed by atoms with Gasteiger partial charge in [-0.25, -0.2) is 8.42 Å². The van der Waals surface area contributed by atoms with Crippen molar-refractivity contribution >= 4 is 33.2 Å². The van der Waals surface area contributed by atoms with Crippen LogP contribution in [0.15, 0.2) is 77.7 Å². The fourth-order valence-corrected chi connectivity index (χ4v) is 4.84. The molecule has 0 fully saturated rings. The molecule has 0 spiro atoms. The molecule has 0 radical (unpaired) electrons. The van der Waals surface area contributed by atoms with E-state index in [2.05, 4.69) is 5.32 Å². The van der Waals surface area contributed by atoms with Gasteiger partial charge in [0.1, 0.15) is 6.54 Å². The minimum absolute atomic E-state index is 0.117. The van der Waals surface area contributed by atoms with Crippen LogP contribution >= 0.6 is 11.6 Å². The van der Waals surface area contributed by atoms with Gasteiger partial charge in [0.25, 0.3) is 10.0 Å². The third kappa shape index (κ3) is 5.01. The molecule has 0 heterocycles. The van der Waals surface area contributed by atoms with Gasteiger partial charge in [-0.1, -0.05) is 54.1 Å². The highest BCUT2D eigenvalue weighted by Gasteiger charge is 2.28. The van der Waals surface area contributed by atoms with Crippen LogP contribution in [0, 0.1) is 13.8 Å². The smallest absolute Gasteiger partial charge is 0.264 e. The second-order valence-electron chi connectivity index (χ2n) is 6.96. The standard InChI is InChI=1S/C23H23ClN2O3S/c1-17-8-6-7-9-19(17)15-25-23(27)16-26(22-13-12-20(24)14-18(22)2)30(28,29)21-10-4-3-5-11-21/h3-14H,15-16H2,1-2H3,(H,25,27). The Bertz CT molecular complexity index is 1150. The van der Waals surface area contributed by atoms with E-state index in [0.717, 1.165) is 15.4 Å². The van der Waals surface area contributed by atoms with Crippen LogP contribution < -0.4 is 9.62 Å². The van der Waals surface area contributed by atoms with Crippen LogP contribution in [0.2, 0.25) is 5.02 Å². The molecule has 1 amide bonds. The quantitative estimate of drug-likeness (QED) is 0.587. The first kappa shape index (κ1) is 21.9. The summed E-state index contributed by atoms with van der Waals surface area (Å²) in [4.78, 5) is 12.8. The van der Waals surface area contributed by atoms with Crippen molar-refractivity contribution in [2.75, 3.05) is 10.8 Å². The number of carbonyl (C=O) groups is 1. The first-order chi connectivity index (χ1) is 14.3. The highest BCUT2D eigenvalue weighted by atomic mass is 35.5. The molecular weight excluding hydrogens is 420 g/mol. The number of halogens is 1. The zero-order chi connectivity index (χ0) is 21.7. The number of nitrogens with one attached hydrogen (secondary N) is 1. The summed E-state index contributed by atoms with van der Waals surface area (Å²) in [7, 11) is -3.95. The van der Waals surface area contributed by atoms with Gasteiger partial charge < -0.3 is 5.32 Å². The molecule has 30 heavy (non-hydrogen) atoms. The molecule has 156 valence electrons. The lowest BCUT2D eigenvalue weighted by atomic mass is 10.1. The molecule has 0 aromatic heterocycles. The highest BCUT2D eigenvalue weighted by Crippen LogP contribution is 2.28. The van der Waals surface area contributed by atoms with E-state index in [1.165, 1.54) is 12.1 Å². The highest BCUT2D eigenvalue weighted by molar-refractivity contribution is 7.92. The Hall–Kier alpha value is -2.83. The predicted molar refractivity (Wildman–Crippen MR) is 120 cm³/mol. The van der Waals surface area contributed by atoms with E-state index < -0.39 is 15.9 Å². The summed E-state index contributed by atoms with van der Waals surface area (Å²) in [6.07, 6.45) is 0. The van der Waals surface area contributed by atoms with Gasteiger partial charge in [0, 0.05) is 11.6 Å². The number of rotatable bonds is 7. The zero-order valence-electron chi connectivity index (χ0n) is 16.8. The number of anilines is 1. The summed E-state index contributed by atoms with van der Waals surface area (Å²) in [5, 5.41) is 3.32. The molecule has 0 bridgehead atoms. The Kier molecular flexibility index (Phi) is 6.80. The summed E-state index contributed by atoms with van der Waals surface area (Å²) in [6.45, 7) is 3.71. The first-order valence-electron chi connectivity index (χ1n) is 9.44. The monoisotopic (exact) mass is 442 g/mol. The van der Waals surface area contributed by atoms with Crippen LogP contribution in [0.5, 0.6) is 0 Å². The average molecular weight is 443 g/mol. The number of amides is 1. The normalized spacial score (nSPS) is 11.2. The Morgan fingerprint density at radius 1 is 0.933 bits per heavy atom. The van der Waals surface area contributed by atoms with Gasteiger partial charge >= 0.3 is 0 Å². The van der Waals surface area contributed by atoms with E-state index in [-0.39, 0.29) is 11.4 Å². The molecule has 3 rings (SSSR count). The number of nitrogens with zero attached hydrogens (tertiary/aromatic N) is 1. The maximum atomic E-state index is 13.3. The molecule has 0 aliphatic heterocycles. The lowest BCUT2D eigenvalue weighted by molar-refractivity contribution is -0.119. The topological polar surface area (TPSA) is 66.5 Å². The number of hydrogen-bond donors (Lipinski definition) is 1. The number of aryl methyl sites for hydroxylation is 2. The van der Waals surface area contributed by atoms with E-state index in [1.54, 1.807) is 43.3 Å². The lowest BCUT2D eigenvalue weighted by Crippen LogP contribution is -2.41. The van der Waals surface area contributed by atoms with Crippen molar-refractivity contribution in [2.45, 2.75) is 25.3 Å². The summed E-state index contributed by atoms with van der Waals surface area (Å²) >= 11 is 6.04. The van der Waals surface area contributed by atoms with E-state index >= 15 is 0 Å². The summed E-state index contributed by atoms with van der Waals surface area (Å²) in [6, 6.07) is 20.7. The number of hydrogen-bond acceptors (Lipinski definition) is 3. The van der Waals surface area contributed by atoms with Crippen molar-refractivity contribution in [3.8, 4) is 0 Å². The van der Waals surface area contributed by atoms with Gasteiger partial charge in [-0.2, -0.15) is 0 Å². The van der Waals surface area contributed by atoms with Gasteiger partial charge in [0.15, 0.2) is 0 Å². The van der Waals surface area contributed by atoms with Gasteiger partial charge in [-0.3, -0.25) is 9.10 Å². The van der Waals surface area contributed by atoms with Crippen molar-refractivity contribution < 1.29 is 13.2 Å². The molecule has 3 aromatic rings. The average Bonchev–Trinajstić information content (AvgIpc) is 2.72. The SMILES string of the molecule is Cc1ccccc1CNC(=O)CN(c1ccc(Cl)cc1C)S(=O)(=O)c1ccccc1. The fraction of sp³-hybridized carbons (Fsp3) is 0.174. The van der Waals surface area contributed by atoms with Crippen LogP contribution in [0.1, 0.15) is 16.7 Å². The largest absolute Gasteiger partial charge is 0.350 e. The molecule has 0 unspecified atom stereocenters. The molecule has 0 saturated carbocycles. The van der Waals surface area contributed by atoms with Crippen molar-refractivity contribution in [1.82, 2.24) is 5.32 Å². The predicted octanol–water partition coefficient (Wildman–Crippen LogP) is 4.47. The molecular formula is C23H23ClN2O3S. The fourth-order valence-electron chi connectivity index (χ4n) is 3.11. The number of carbonyl (C=O) groups excluding carboxylic acids is 1. The van der Waals surface area contributed by atoms with Crippen molar-refractivity contribution in [2.24, 2.45) is 0 Å². The summed E-state index contributed by atoms with van der Waals surface area (Å²) < 4.78 is 27.8. The van der Waals surface area contributed by atoms with E-state index in [4.69, 9.17) is 11.6 Å². The van der Waals surface area contributed by atoms with Crippen LogP contribution in [0.3, 0.4) is 0 Å². The van der Waals surface area contributed by atoms with Gasteiger partial charge in [0.05, 0.1) is 10.6 Å². The number of sulfonamides is 1. The Labute approximate surface area is 182 Å². The van der Waals surface area contributed by atoms with Crippen molar-refractivity contribution in [3.63, 3.8) is 0 Å². The zero-order valence-corrected chi connectivity index (χ0v) is 18.4. The van der Waals surface area contributed by atoms with Crippen LogP contribution in [-0.2, 0) is 21.4 Å². The Morgan fingerprint density at radius 3 is 2.27 bits per heavy atom. The second-order valence-corrected chi connectivity index (χ2v) is 9.26. The van der Waals surface area contributed by atoms with E-state index in [0.29, 0.717) is 22.8 Å². The molecule has 0 aliphatic carbocycles. The molecule has 5 nitrogen and oxygen atoms in total. The molecule has 7 heteroatoms. The first-order valence-corrected chi connectivity index (χ1v) is 11.3. The minimum atomic E-state index is -3.95. The van der Waals surface area contributed by atoms with E-state index in [1.807, 2.05) is 31.2 Å². The van der Waals surface area contributed by atoms with Crippen LogP contribution in [-0.4, -0.2) is 20.9 Å². The Balaban J connectivity index is 1.90. The third-order valence-electron chi connectivity index (χ3n) is 4.78. The van der Waals surface area contributed by atoms with Gasteiger partial charge in [-0.15, -0.1) is 0 Å². The maximum absolute atomic E-state index is 13.3. The summed E-state index contributed by atoms with van der Waals surface area (Å²) in [5.74, 6) is -0.396. The molecule has 0 aliphatic rings. The molecule has 0 saturated heterocycles. The second kappa shape index (κ2) is 9.32. The Morgan fingerprint density at radius 2 is 1.60 bits per heavy atom. The number of benzene rings is 3. The molecule has 0 atom stereocenters. The minimum Gasteiger partial charge on any atom is -0.350 e. The molecule has 3 aromatic carbocycles. The van der Waals surface area contributed by atoms with Crippen molar-refractivity contribution in [1.29, 1.82) is 0 Å². The summed E-state index contributed by atoms with van der Waals surface area (Å²) in [5.41, 5.74) is 3.11. The van der Waals surface area contributed by atoms with Crippen molar-refractivity contribution in [3.05, 3.63) is 94.5 Å².